The standard InChI is InChI=1S/C17H21NS/c1-19-14-8-13-18-17(15-9-4-2-5-10-15)16-11-6-3-7-12-16/h2-7,9-12,17-18H,8,13-14H2,1H3. The van der Waals surface area contributed by atoms with Gasteiger partial charge in [-0.15, -0.1) is 0 Å². The number of rotatable bonds is 7. The topological polar surface area (TPSA) is 12.0 Å². The van der Waals surface area contributed by atoms with Crippen molar-refractivity contribution in [2.24, 2.45) is 0 Å². The molecule has 2 aromatic carbocycles. The monoisotopic (exact) mass is 271 g/mol. The van der Waals surface area contributed by atoms with E-state index < -0.39 is 0 Å². The van der Waals surface area contributed by atoms with Crippen LogP contribution in [0.4, 0.5) is 0 Å². The van der Waals surface area contributed by atoms with Crippen LogP contribution in [0.1, 0.15) is 23.6 Å². The second kappa shape index (κ2) is 8.03. The lowest BCUT2D eigenvalue weighted by molar-refractivity contribution is 0.601. The van der Waals surface area contributed by atoms with Gasteiger partial charge in [-0.2, -0.15) is 11.8 Å². The number of hydrogen-bond acceptors (Lipinski definition) is 2. The molecule has 2 aromatic rings. The third-order valence-electron chi connectivity index (χ3n) is 3.14. The highest BCUT2D eigenvalue weighted by atomic mass is 32.2. The Morgan fingerprint density at radius 3 is 1.89 bits per heavy atom. The van der Waals surface area contributed by atoms with Gasteiger partial charge in [0, 0.05) is 0 Å². The zero-order valence-corrected chi connectivity index (χ0v) is 12.2. The molecule has 19 heavy (non-hydrogen) atoms. The first-order valence-corrected chi connectivity index (χ1v) is 8.13. The molecular weight excluding hydrogens is 250 g/mol. The number of hydrogen-bond donors (Lipinski definition) is 1. The fraction of sp³-hybridized carbons (Fsp3) is 0.294. The molecule has 0 aliphatic heterocycles. The van der Waals surface area contributed by atoms with Gasteiger partial charge in [0.05, 0.1) is 6.04 Å². The first-order chi connectivity index (χ1) is 9.42. The molecule has 0 amide bonds. The van der Waals surface area contributed by atoms with Gasteiger partial charge >= 0.3 is 0 Å². The number of nitrogens with one attached hydrogen (secondary N) is 1. The zero-order chi connectivity index (χ0) is 13.3. The summed E-state index contributed by atoms with van der Waals surface area (Å²) in [6, 6.07) is 21.6. The first-order valence-electron chi connectivity index (χ1n) is 6.74. The Bertz CT molecular complexity index is 416. The summed E-state index contributed by atoms with van der Waals surface area (Å²) in [5.74, 6) is 1.21. The Morgan fingerprint density at radius 1 is 0.895 bits per heavy atom. The van der Waals surface area contributed by atoms with E-state index >= 15 is 0 Å². The third-order valence-corrected chi connectivity index (χ3v) is 3.84. The largest absolute Gasteiger partial charge is 0.306 e. The molecule has 0 aromatic heterocycles. The van der Waals surface area contributed by atoms with E-state index in [2.05, 4.69) is 72.2 Å². The molecular formula is C17H21NS. The molecule has 0 bridgehead atoms. The highest BCUT2D eigenvalue weighted by Crippen LogP contribution is 2.21. The first kappa shape index (κ1) is 14.2. The van der Waals surface area contributed by atoms with E-state index in [1.165, 1.54) is 23.3 Å². The van der Waals surface area contributed by atoms with Crippen molar-refractivity contribution < 1.29 is 0 Å². The van der Waals surface area contributed by atoms with Gasteiger partial charge in [0.15, 0.2) is 0 Å². The average Bonchev–Trinajstić information content (AvgIpc) is 2.49. The van der Waals surface area contributed by atoms with E-state index in [1.807, 2.05) is 11.8 Å². The molecule has 0 fully saturated rings. The highest BCUT2D eigenvalue weighted by molar-refractivity contribution is 7.98. The summed E-state index contributed by atoms with van der Waals surface area (Å²) >= 11 is 1.90. The van der Waals surface area contributed by atoms with E-state index in [1.54, 1.807) is 0 Å². The molecule has 100 valence electrons. The van der Waals surface area contributed by atoms with Crippen molar-refractivity contribution in [3.8, 4) is 0 Å². The Kier molecular flexibility index (Phi) is 5.99. The molecule has 1 N–H and O–H groups in total. The van der Waals surface area contributed by atoms with Crippen molar-refractivity contribution in [1.82, 2.24) is 5.32 Å². The lowest BCUT2D eigenvalue weighted by Gasteiger charge is -2.19. The summed E-state index contributed by atoms with van der Waals surface area (Å²) in [4.78, 5) is 0. The summed E-state index contributed by atoms with van der Waals surface area (Å²) in [6.45, 7) is 1.05. The molecule has 1 nitrogen and oxygen atoms in total. The summed E-state index contributed by atoms with van der Waals surface area (Å²) in [7, 11) is 0. The normalized spacial score (nSPS) is 10.8. The fourth-order valence-electron chi connectivity index (χ4n) is 2.18. The number of thioether (sulfide) groups is 1. The van der Waals surface area contributed by atoms with Crippen molar-refractivity contribution in [2.75, 3.05) is 18.6 Å². The molecule has 0 aliphatic carbocycles. The molecule has 0 radical (unpaired) electrons. The minimum atomic E-state index is 0.296. The van der Waals surface area contributed by atoms with Gasteiger partial charge in [0.1, 0.15) is 0 Å². The highest BCUT2D eigenvalue weighted by Gasteiger charge is 2.12. The van der Waals surface area contributed by atoms with Crippen LogP contribution >= 0.6 is 11.8 Å². The van der Waals surface area contributed by atoms with E-state index in [0.29, 0.717) is 6.04 Å². The maximum atomic E-state index is 3.67. The Labute approximate surface area is 120 Å². The minimum Gasteiger partial charge on any atom is -0.306 e. The fourth-order valence-corrected chi connectivity index (χ4v) is 2.62. The molecule has 0 spiro atoms. The average molecular weight is 271 g/mol. The van der Waals surface area contributed by atoms with Gasteiger partial charge < -0.3 is 5.32 Å². The van der Waals surface area contributed by atoms with Gasteiger partial charge in [-0.25, -0.2) is 0 Å². The van der Waals surface area contributed by atoms with Crippen molar-refractivity contribution in [3.05, 3.63) is 71.8 Å². The van der Waals surface area contributed by atoms with Gasteiger partial charge in [0.25, 0.3) is 0 Å². The van der Waals surface area contributed by atoms with Crippen molar-refractivity contribution >= 4 is 11.8 Å². The molecule has 0 unspecified atom stereocenters. The van der Waals surface area contributed by atoms with Crippen molar-refractivity contribution in [1.29, 1.82) is 0 Å². The van der Waals surface area contributed by atoms with Crippen molar-refractivity contribution in [3.63, 3.8) is 0 Å². The van der Waals surface area contributed by atoms with Crippen LogP contribution in [0.2, 0.25) is 0 Å². The second-order valence-electron chi connectivity index (χ2n) is 4.55. The van der Waals surface area contributed by atoms with Crippen LogP contribution in [0.15, 0.2) is 60.7 Å². The molecule has 0 saturated carbocycles. The summed E-state index contributed by atoms with van der Waals surface area (Å²) in [6.07, 6.45) is 3.36. The SMILES string of the molecule is CSCCCNC(c1ccccc1)c1ccccc1. The maximum Gasteiger partial charge on any atom is 0.0576 e. The molecule has 0 atom stereocenters. The third kappa shape index (κ3) is 4.41. The molecule has 0 heterocycles. The van der Waals surface area contributed by atoms with E-state index in [4.69, 9.17) is 0 Å². The Morgan fingerprint density at radius 2 is 1.42 bits per heavy atom. The summed E-state index contributed by atoms with van der Waals surface area (Å²) in [5, 5.41) is 3.67. The molecule has 0 aliphatic rings. The smallest absolute Gasteiger partial charge is 0.0576 e. The van der Waals surface area contributed by atoms with Crippen LogP contribution in [0, 0.1) is 0 Å². The van der Waals surface area contributed by atoms with Gasteiger partial charge in [-0.3, -0.25) is 0 Å². The van der Waals surface area contributed by atoms with Gasteiger partial charge in [-0.05, 0) is 36.1 Å². The summed E-state index contributed by atoms with van der Waals surface area (Å²) in [5.41, 5.74) is 2.66. The van der Waals surface area contributed by atoms with Crippen molar-refractivity contribution in [2.45, 2.75) is 12.5 Å². The number of benzene rings is 2. The molecule has 0 saturated heterocycles. The predicted molar refractivity (Wildman–Crippen MR) is 85.7 cm³/mol. The lowest BCUT2D eigenvalue weighted by atomic mass is 9.99. The van der Waals surface area contributed by atoms with E-state index in [0.717, 1.165) is 6.54 Å². The second-order valence-corrected chi connectivity index (χ2v) is 5.54. The van der Waals surface area contributed by atoms with Gasteiger partial charge in [0.2, 0.25) is 0 Å². The zero-order valence-electron chi connectivity index (χ0n) is 11.4. The maximum absolute atomic E-state index is 3.67. The quantitative estimate of drug-likeness (QED) is 0.760. The summed E-state index contributed by atoms with van der Waals surface area (Å²) < 4.78 is 0. The lowest BCUT2D eigenvalue weighted by Crippen LogP contribution is -2.23. The Hall–Kier alpha value is -1.25. The Balaban J connectivity index is 2.10. The van der Waals surface area contributed by atoms with Crippen LogP contribution in [-0.4, -0.2) is 18.6 Å². The van der Waals surface area contributed by atoms with Crippen LogP contribution < -0.4 is 5.32 Å². The molecule has 2 heteroatoms. The van der Waals surface area contributed by atoms with Crippen LogP contribution in [0.5, 0.6) is 0 Å². The van der Waals surface area contributed by atoms with Crippen LogP contribution in [-0.2, 0) is 0 Å². The predicted octanol–water partition coefficient (Wildman–Crippen LogP) is 4.12. The van der Waals surface area contributed by atoms with Crippen LogP contribution in [0.25, 0.3) is 0 Å². The minimum absolute atomic E-state index is 0.296. The van der Waals surface area contributed by atoms with E-state index in [9.17, 15) is 0 Å². The van der Waals surface area contributed by atoms with Crippen LogP contribution in [0.3, 0.4) is 0 Å². The molecule has 2 rings (SSSR count). The van der Waals surface area contributed by atoms with E-state index in [-0.39, 0.29) is 0 Å². The van der Waals surface area contributed by atoms with Gasteiger partial charge in [-0.1, -0.05) is 60.7 Å².